The number of rotatable bonds is 7. The minimum Gasteiger partial charge on any atom is -0.508 e. The van der Waals surface area contributed by atoms with Crippen molar-refractivity contribution in [3.63, 3.8) is 0 Å². The van der Waals surface area contributed by atoms with Crippen molar-refractivity contribution in [3.05, 3.63) is 84.0 Å². The van der Waals surface area contributed by atoms with E-state index in [1.807, 2.05) is 36.4 Å². The molecule has 3 aromatic carbocycles. The highest BCUT2D eigenvalue weighted by Crippen LogP contribution is 2.35. The zero-order valence-electron chi connectivity index (χ0n) is 19.1. The van der Waals surface area contributed by atoms with E-state index in [1.54, 1.807) is 36.4 Å². The molecule has 0 aromatic heterocycles. The number of nitrogens with zero attached hydrogens (tertiary/aromatic N) is 1. The molecular formula is C29H29NO4. The normalized spacial score (nSPS) is 18.4. The van der Waals surface area contributed by atoms with Crippen LogP contribution in [-0.2, 0) is 4.74 Å². The second kappa shape index (κ2) is 9.84. The second-order valence-corrected chi connectivity index (χ2v) is 8.99. The Morgan fingerprint density at radius 1 is 1.00 bits per heavy atom. The van der Waals surface area contributed by atoms with Crippen molar-refractivity contribution in [2.45, 2.75) is 25.4 Å². The van der Waals surface area contributed by atoms with Crippen LogP contribution in [-0.4, -0.2) is 53.2 Å². The van der Waals surface area contributed by atoms with Crippen molar-refractivity contribution in [3.8, 4) is 22.6 Å². The molecule has 1 aliphatic heterocycles. The topological polar surface area (TPSA) is 70.0 Å². The molecule has 5 rings (SSSR count). The summed E-state index contributed by atoms with van der Waals surface area (Å²) in [7, 11) is 0. The standard InChI is InChI=1S/C29H29NO4/c31-23-5-3-4-21(18-23)26-12-8-22-19-24(32)9-13-27(22)28(26)29(33)20-6-10-25(11-7-20)34-17-16-30-14-1-2-15-30/h3-10,12-13,18-19,25,31-32H,1-2,11,14-17H2. The van der Waals surface area contributed by atoms with E-state index in [4.69, 9.17) is 4.74 Å². The van der Waals surface area contributed by atoms with Crippen LogP contribution < -0.4 is 0 Å². The number of carbonyl (C=O) groups is 1. The molecule has 2 N–H and O–H groups in total. The van der Waals surface area contributed by atoms with Crippen LogP contribution in [0.2, 0.25) is 0 Å². The third kappa shape index (κ3) is 4.76. The monoisotopic (exact) mass is 455 g/mol. The lowest BCUT2D eigenvalue weighted by atomic mass is 9.87. The fraction of sp³-hybridized carbons (Fsp3) is 0.276. The summed E-state index contributed by atoms with van der Waals surface area (Å²) in [6.07, 6.45) is 8.97. The van der Waals surface area contributed by atoms with Gasteiger partial charge < -0.3 is 19.8 Å². The van der Waals surface area contributed by atoms with E-state index in [0.717, 1.165) is 41.5 Å². The van der Waals surface area contributed by atoms with Crippen molar-refractivity contribution in [2.75, 3.05) is 26.2 Å². The number of aromatic hydroxyl groups is 2. The van der Waals surface area contributed by atoms with E-state index >= 15 is 0 Å². The number of ether oxygens (including phenoxy) is 1. The SMILES string of the molecule is O=C(C1=CCC(OCCN2CCCC2)C=C1)c1c(-c2cccc(O)c2)ccc2cc(O)ccc12. The predicted molar refractivity (Wildman–Crippen MR) is 134 cm³/mol. The van der Waals surface area contributed by atoms with Gasteiger partial charge in [0.1, 0.15) is 11.5 Å². The number of allylic oxidation sites excluding steroid dienone is 2. The highest BCUT2D eigenvalue weighted by Gasteiger charge is 2.22. The highest BCUT2D eigenvalue weighted by molar-refractivity contribution is 6.21. The van der Waals surface area contributed by atoms with Crippen molar-refractivity contribution in [1.82, 2.24) is 4.90 Å². The van der Waals surface area contributed by atoms with Crippen molar-refractivity contribution < 1.29 is 19.7 Å². The number of hydrogen-bond acceptors (Lipinski definition) is 5. The third-order valence-electron chi connectivity index (χ3n) is 6.65. The summed E-state index contributed by atoms with van der Waals surface area (Å²) in [4.78, 5) is 16.2. The molecule has 34 heavy (non-hydrogen) atoms. The Bertz CT molecular complexity index is 1270. The van der Waals surface area contributed by atoms with Gasteiger partial charge in [0.25, 0.3) is 0 Å². The van der Waals surface area contributed by atoms with Gasteiger partial charge >= 0.3 is 0 Å². The molecule has 5 nitrogen and oxygen atoms in total. The van der Waals surface area contributed by atoms with Gasteiger partial charge in [-0.05, 0) is 84.6 Å². The second-order valence-electron chi connectivity index (χ2n) is 8.99. The summed E-state index contributed by atoms with van der Waals surface area (Å²) in [5, 5.41) is 21.5. The molecular weight excluding hydrogens is 426 g/mol. The Morgan fingerprint density at radius 3 is 2.59 bits per heavy atom. The molecule has 0 radical (unpaired) electrons. The first kappa shape index (κ1) is 22.4. The summed E-state index contributed by atoms with van der Waals surface area (Å²) in [6.45, 7) is 3.97. The van der Waals surface area contributed by atoms with E-state index < -0.39 is 0 Å². The van der Waals surface area contributed by atoms with Crippen molar-refractivity contribution >= 4 is 16.6 Å². The molecule has 1 aliphatic carbocycles. The smallest absolute Gasteiger partial charge is 0.193 e. The van der Waals surface area contributed by atoms with Crippen LogP contribution >= 0.6 is 0 Å². The van der Waals surface area contributed by atoms with Crippen LogP contribution in [0.5, 0.6) is 11.5 Å². The number of fused-ring (bicyclic) bond motifs is 1. The summed E-state index contributed by atoms with van der Waals surface area (Å²) < 4.78 is 6.03. The maximum atomic E-state index is 13.8. The quantitative estimate of drug-likeness (QED) is 0.463. The maximum Gasteiger partial charge on any atom is 0.193 e. The van der Waals surface area contributed by atoms with Crippen LogP contribution in [0.25, 0.3) is 21.9 Å². The molecule has 174 valence electrons. The Morgan fingerprint density at radius 2 is 1.82 bits per heavy atom. The minimum absolute atomic E-state index is 0.0193. The van der Waals surface area contributed by atoms with Gasteiger partial charge in [0.05, 0.1) is 12.7 Å². The Labute approximate surface area is 199 Å². The highest BCUT2D eigenvalue weighted by atomic mass is 16.5. The molecule has 1 saturated heterocycles. The lowest BCUT2D eigenvalue weighted by molar-refractivity contribution is 0.0699. The number of hydrogen-bond donors (Lipinski definition) is 2. The molecule has 2 aliphatic rings. The van der Waals surface area contributed by atoms with E-state index in [0.29, 0.717) is 24.2 Å². The summed E-state index contributed by atoms with van der Waals surface area (Å²) in [5.41, 5.74) is 2.70. The minimum atomic E-state index is -0.0820. The zero-order chi connectivity index (χ0) is 23.5. The molecule has 1 fully saturated rings. The first-order chi connectivity index (χ1) is 16.6. The lowest BCUT2D eigenvalue weighted by Gasteiger charge is -2.20. The van der Waals surface area contributed by atoms with Gasteiger partial charge in [0, 0.05) is 17.7 Å². The molecule has 1 heterocycles. The third-order valence-corrected chi connectivity index (χ3v) is 6.65. The average Bonchev–Trinajstić information content (AvgIpc) is 3.37. The van der Waals surface area contributed by atoms with Crippen molar-refractivity contribution in [1.29, 1.82) is 0 Å². The molecule has 1 atom stereocenters. The van der Waals surface area contributed by atoms with Crippen LogP contribution in [0.15, 0.2) is 78.4 Å². The van der Waals surface area contributed by atoms with E-state index in [-0.39, 0.29) is 23.4 Å². The lowest BCUT2D eigenvalue weighted by Crippen LogP contribution is -2.26. The molecule has 5 heteroatoms. The largest absolute Gasteiger partial charge is 0.508 e. The Kier molecular flexibility index (Phi) is 6.48. The van der Waals surface area contributed by atoms with Crippen LogP contribution in [0.4, 0.5) is 0 Å². The molecule has 0 saturated carbocycles. The molecule has 0 spiro atoms. The van der Waals surface area contributed by atoms with Gasteiger partial charge in [-0.2, -0.15) is 0 Å². The molecule has 0 amide bonds. The fourth-order valence-electron chi connectivity index (χ4n) is 4.85. The van der Waals surface area contributed by atoms with Gasteiger partial charge in [-0.3, -0.25) is 4.79 Å². The molecule has 0 bridgehead atoms. The number of likely N-dealkylation sites (tertiary alicyclic amines) is 1. The molecule has 1 unspecified atom stereocenters. The molecule has 3 aromatic rings. The number of carbonyl (C=O) groups excluding carboxylic acids is 1. The summed E-state index contributed by atoms with van der Waals surface area (Å²) in [6, 6.07) is 15.7. The maximum absolute atomic E-state index is 13.8. The Hall–Kier alpha value is -3.41. The average molecular weight is 456 g/mol. The number of ketones is 1. The van der Waals surface area contributed by atoms with Crippen molar-refractivity contribution in [2.24, 2.45) is 0 Å². The number of benzene rings is 3. The number of Topliss-reactive ketones (excluding diaryl/α,β-unsaturated/α-hetero) is 1. The first-order valence-corrected chi connectivity index (χ1v) is 11.9. The summed E-state index contributed by atoms with van der Waals surface area (Å²) >= 11 is 0. The predicted octanol–water partition coefficient (Wildman–Crippen LogP) is 5.47. The Balaban J connectivity index is 1.40. The first-order valence-electron chi connectivity index (χ1n) is 11.9. The van der Waals surface area contributed by atoms with Crippen LogP contribution in [0, 0.1) is 0 Å². The van der Waals surface area contributed by atoms with Gasteiger partial charge in [0.2, 0.25) is 0 Å². The fourth-order valence-corrected chi connectivity index (χ4v) is 4.85. The van der Waals surface area contributed by atoms with Gasteiger partial charge in [0.15, 0.2) is 5.78 Å². The zero-order valence-corrected chi connectivity index (χ0v) is 19.1. The van der Waals surface area contributed by atoms with Gasteiger partial charge in [-0.15, -0.1) is 0 Å². The van der Waals surface area contributed by atoms with E-state index in [9.17, 15) is 15.0 Å². The van der Waals surface area contributed by atoms with Gasteiger partial charge in [-0.25, -0.2) is 0 Å². The number of phenols is 2. The summed E-state index contributed by atoms with van der Waals surface area (Å²) in [5.74, 6) is 0.218. The van der Waals surface area contributed by atoms with Crippen LogP contribution in [0.3, 0.4) is 0 Å². The van der Waals surface area contributed by atoms with E-state index in [1.165, 1.54) is 12.8 Å². The van der Waals surface area contributed by atoms with E-state index in [2.05, 4.69) is 4.90 Å². The number of phenolic OH excluding ortho intramolecular Hbond substituents is 2. The van der Waals surface area contributed by atoms with Gasteiger partial charge in [-0.1, -0.05) is 42.5 Å². The van der Waals surface area contributed by atoms with Crippen LogP contribution in [0.1, 0.15) is 29.6 Å².